The van der Waals surface area contributed by atoms with Crippen molar-refractivity contribution in [2.45, 2.75) is 6.92 Å². The van der Waals surface area contributed by atoms with E-state index in [0.29, 0.717) is 49.4 Å². The van der Waals surface area contributed by atoms with Crippen LogP contribution in [0.1, 0.15) is 23.0 Å². The van der Waals surface area contributed by atoms with Crippen molar-refractivity contribution < 1.29 is 19.1 Å². The van der Waals surface area contributed by atoms with Gasteiger partial charge in [0.25, 0.3) is 5.91 Å². The average molecular weight is 487 g/mol. The molecule has 9 heteroatoms. The largest absolute Gasteiger partial charge is 0.478 e. The third-order valence-electron chi connectivity index (χ3n) is 4.62. The predicted molar refractivity (Wildman–Crippen MR) is 128 cm³/mol. The molecule has 1 amide bonds. The molecular weight excluding hydrogens is 471 g/mol. The average Bonchev–Trinajstić information content (AvgIpc) is 3.33. The molecule has 0 unspecified atom stereocenters. The molecule has 1 aromatic heterocycles. The minimum atomic E-state index is -1.04. The zero-order valence-electron chi connectivity index (χ0n) is 16.7. The number of benzene rings is 2. The fraction of sp³-hybridized carbons (Fsp3) is 0.0870. The number of furan rings is 1. The second-order valence-corrected chi connectivity index (χ2v) is 8.59. The van der Waals surface area contributed by atoms with Crippen LogP contribution in [0, 0.1) is 0 Å². The van der Waals surface area contributed by atoms with Gasteiger partial charge < -0.3 is 9.52 Å². The van der Waals surface area contributed by atoms with Gasteiger partial charge in [-0.1, -0.05) is 29.3 Å². The highest BCUT2D eigenvalue weighted by molar-refractivity contribution is 8.18. The smallest absolute Gasteiger partial charge is 0.335 e. The number of likely N-dealkylation sites (N-methyl/N-ethyl adjacent to an activating group) is 1. The fourth-order valence-corrected chi connectivity index (χ4v) is 4.63. The van der Waals surface area contributed by atoms with Crippen molar-refractivity contribution in [1.82, 2.24) is 4.90 Å². The van der Waals surface area contributed by atoms with Crippen molar-refractivity contribution in [3.05, 3.63) is 80.9 Å². The lowest BCUT2D eigenvalue weighted by Gasteiger charge is -2.12. The standard InChI is InChI=1S/C23H16Cl2N2O4S/c1-2-27-21(28)20(32-23(27)26-15-5-3-4-13(10-15)22(29)30)12-16-7-9-19(31-16)17-8-6-14(24)11-18(17)25/h3-12H,2H2,1H3,(H,29,30). The summed E-state index contributed by atoms with van der Waals surface area (Å²) < 4.78 is 5.87. The highest BCUT2D eigenvalue weighted by atomic mass is 35.5. The SMILES string of the molecule is CCN1C(=O)C(=Cc2ccc(-c3ccc(Cl)cc3Cl)o2)SC1=Nc1cccc(C(=O)O)c1. The van der Waals surface area contributed by atoms with Crippen LogP contribution in [0.25, 0.3) is 17.4 Å². The molecule has 3 aromatic rings. The molecule has 32 heavy (non-hydrogen) atoms. The highest BCUT2D eigenvalue weighted by Gasteiger charge is 2.32. The summed E-state index contributed by atoms with van der Waals surface area (Å²) in [5.41, 5.74) is 1.28. The van der Waals surface area contributed by atoms with Gasteiger partial charge in [-0.2, -0.15) is 0 Å². The van der Waals surface area contributed by atoms with Gasteiger partial charge in [-0.05, 0) is 67.2 Å². The number of carboxylic acids is 1. The number of rotatable bonds is 5. The van der Waals surface area contributed by atoms with Crippen LogP contribution in [0.3, 0.4) is 0 Å². The zero-order valence-corrected chi connectivity index (χ0v) is 19.0. The molecule has 2 aromatic carbocycles. The number of hydrogen-bond acceptors (Lipinski definition) is 5. The van der Waals surface area contributed by atoms with Crippen LogP contribution in [-0.2, 0) is 4.79 Å². The number of carboxylic acid groups (broad SMARTS) is 1. The van der Waals surface area contributed by atoms with Gasteiger partial charge in [-0.3, -0.25) is 9.69 Å². The Labute approximate surface area is 198 Å². The van der Waals surface area contributed by atoms with Gasteiger partial charge in [0.05, 0.1) is 21.2 Å². The van der Waals surface area contributed by atoms with Gasteiger partial charge in [-0.25, -0.2) is 9.79 Å². The van der Waals surface area contributed by atoms with Crippen LogP contribution in [0.15, 0.2) is 68.9 Å². The summed E-state index contributed by atoms with van der Waals surface area (Å²) in [7, 11) is 0. The zero-order chi connectivity index (χ0) is 22.8. The fourth-order valence-electron chi connectivity index (χ4n) is 3.08. The Kier molecular flexibility index (Phi) is 6.41. The molecule has 0 saturated carbocycles. The highest BCUT2D eigenvalue weighted by Crippen LogP contribution is 2.36. The number of nitrogens with zero attached hydrogens (tertiary/aromatic N) is 2. The Bertz CT molecular complexity index is 1280. The number of amides is 1. The quantitative estimate of drug-likeness (QED) is 0.412. The molecule has 0 bridgehead atoms. The van der Waals surface area contributed by atoms with Crippen LogP contribution in [0.2, 0.25) is 10.0 Å². The second kappa shape index (κ2) is 9.24. The Morgan fingerprint density at radius 2 is 2.00 bits per heavy atom. The van der Waals surface area contributed by atoms with E-state index < -0.39 is 5.97 Å². The number of aromatic carboxylic acids is 1. The number of thioether (sulfide) groups is 1. The van der Waals surface area contributed by atoms with Gasteiger partial charge in [0.15, 0.2) is 5.17 Å². The summed E-state index contributed by atoms with van der Waals surface area (Å²) in [6.07, 6.45) is 1.65. The molecule has 4 rings (SSSR count). The molecule has 1 N–H and O–H groups in total. The van der Waals surface area contributed by atoms with Crippen LogP contribution in [-0.4, -0.2) is 33.6 Å². The minimum absolute atomic E-state index is 0.129. The molecule has 0 spiro atoms. The first-order chi connectivity index (χ1) is 15.4. The summed E-state index contributed by atoms with van der Waals surface area (Å²) in [5.74, 6) is -0.189. The maximum atomic E-state index is 12.9. The van der Waals surface area contributed by atoms with Gasteiger partial charge in [0.1, 0.15) is 11.5 Å². The van der Waals surface area contributed by atoms with Crippen molar-refractivity contribution in [3.8, 4) is 11.3 Å². The first-order valence-electron chi connectivity index (χ1n) is 9.54. The third-order valence-corrected chi connectivity index (χ3v) is 6.17. The summed E-state index contributed by atoms with van der Waals surface area (Å²) in [6.45, 7) is 2.27. The van der Waals surface area contributed by atoms with E-state index in [1.807, 2.05) is 6.92 Å². The van der Waals surface area contributed by atoms with E-state index in [1.54, 1.807) is 48.5 Å². The van der Waals surface area contributed by atoms with Gasteiger partial charge in [0, 0.05) is 23.2 Å². The number of aliphatic imine (C=N–C) groups is 1. The Balaban J connectivity index is 1.62. The number of hydrogen-bond donors (Lipinski definition) is 1. The van der Waals surface area contributed by atoms with Crippen LogP contribution in [0.4, 0.5) is 5.69 Å². The summed E-state index contributed by atoms with van der Waals surface area (Å²) in [5, 5.41) is 10.6. The minimum Gasteiger partial charge on any atom is -0.478 e. The van der Waals surface area contributed by atoms with E-state index in [4.69, 9.17) is 27.6 Å². The Morgan fingerprint density at radius 1 is 1.19 bits per heavy atom. The second-order valence-electron chi connectivity index (χ2n) is 6.74. The number of amidine groups is 1. The van der Waals surface area contributed by atoms with Crippen LogP contribution in [0.5, 0.6) is 0 Å². The number of carbonyl (C=O) groups excluding carboxylic acids is 1. The number of halogens is 2. The van der Waals surface area contributed by atoms with Crippen LogP contribution >= 0.6 is 35.0 Å². The molecule has 2 heterocycles. The van der Waals surface area contributed by atoms with Crippen LogP contribution < -0.4 is 0 Å². The lowest BCUT2D eigenvalue weighted by molar-refractivity contribution is -0.122. The molecule has 1 aliphatic heterocycles. The van der Waals surface area contributed by atoms with E-state index in [-0.39, 0.29) is 11.5 Å². The van der Waals surface area contributed by atoms with E-state index in [0.717, 1.165) is 0 Å². The lowest BCUT2D eigenvalue weighted by Crippen LogP contribution is -2.28. The van der Waals surface area contributed by atoms with Gasteiger partial charge >= 0.3 is 5.97 Å². The maximum absolute atomic E-state index is 12.9. The van der Waals surface area contributed by atoms with Crippen molar-refractivity contribution in [2.24, 2.45) is 4.99 Å². The van der Waals surface area contributed by atoms with Gasteiger partial charge in [0.2, 0.25) is 0 Å². The van der Waals surface area contributed by atoms with Gasteiger partial charge in [-0.15, -0.1) is 0 Å². The van der Waals surface area contributed by atoms with Crippen molar-refractivity contribution in [1.29, 1.82) is 0 Å². The molecule has 0 aliphatic carbocycles. The maximum Gasteiger partial charge on any atom is 0.335 e. The molecule has 0 atom stereocenters. The third kappa shape index (κ3) is 4.60. The van der Waals surface area contributed by atoms with Crippen molar-refractivity contribution in [2.75, 3.05) is 6.54 Å². The molecule has 6 nitrogen and oxygen atoms in total. The van der Waals surface area contributed by atoms with E-state index >= 15 is 0 Å². The summed E-state index contributed by atoms with van der Waals surface area (Å²) in [6, 6.07) is 14.9. The molecule has 0 radical (unpaired) electrons. The first-order valence-corrected chi connectivity index (χ1v) is 11.1. The monoisotopic (exact) mass is 486 g/mol. The lowest BCUT2D eigenvalue weighted by atomic mass is 10.2. The topological polar surface area (TPSA) is 83.1 Å². The first kappa shape index (κ1) is 22.2. The van der Waals surface area contributed by atoms with Crippen molar-refractivity contribution >= 4 is 63.8 Å². The summed E-state index contributed by atoms with van der Waals surface area (Å²) >= 11 is 13.4. The van der Waals surface area contributed by atoms with Crippen molar-refractivity contribution in [3.63, 3.8) is 0 Å². The van der Waals surface area contributed by atoms with E-state index in [2.05, 4.69) is 4.99 Å². The summed E-state index contributed by atoms with van der Waals surface area (Å²) in [4.78, 5) is 30.5. The molecule has 162 valence electrons. The Hall–Kier alpha value is -3.00. The molecule has 1 saturated heterocycles. The normalized spacial score (nSPS) is 16.3. The molecule has 1 fully saturated rings. The number of carbonyl (C=O) groups is 2. The predicted octanol–water partition coefficient (Wildman–Crippen LogP) is 6.58. The van der Waals surface area contributed by atoms with E-state index in [9.17, 15) is 14.7 Å². The van der Waals surface area contributed by atoms with E-state index in [1.165, 1.54) is 28.8 Å². The molecular formula is C23H16Cl2N2O4S. The Morgan fingerprint density at radius 3 is 2.72 bits per heavy atom. The molecule has 1 aliphatic rings.